The zero-order chi connectivity index (χ0) is 27.1. The molecule has 3 rings (SSSR count). The van der Waals surface area contributed by atoms with Gasteiger partial charge in [-0.1, -0.05) is 77.1 Å². The van der Waals surface area contributed by atoms with Crippen LogP contribution in [0.2, 0.25) is 0 Å². The second-order valence-corrected chi connectivity index (χ2v) is 12.2. The highest BCUT2D eigenvalue weighted by molar-refractivity contribution is 5.40. The fraction of sp³-hybridized carbons (Fsp3) is 0.529. The fourth-order valence-corrected chi connectivity index (χ4v) is 4.81. The highest BCUT2D eigenvalue weighted by atomic mass is 16.7. The summed E-state index contributed by atoms with van der Waals surface area (Å²) < 4.78 is 18.9. The molecule has 0 spiro atoms. The molecule has 2 aromatic rings. The van der Waals surface area contributed by atoms with Crippen molar-refractivity contribution in [2.45, 2.75) is 92.8 Å². The molecule has 0 aromatic heterocycles. The van der Waals surface area contributed by atoms with E-state index in [4.69, 9.17) is 14.2 Å². The molecular formula is C34H48O3. The number of rotatable bonds is 12. The quantitative estimate of drug-likeness (QED) is 0.125. The zero-order valence-electron chi connectivity index (χ0n) is 24.4. The van der Waals surface area contributed by atoms with E-state index in [1.54, 1.807) is 0 Å². The van der Waals surface area contributed by atoms with Crippen LogP contribution < -0.4 is 4.74 Å². The van der Waals surface area contributed by atoms with E-state index in [0.717, 1.165) is 37.2 Å². The van der Waals surface area contributed by atoms with Gasteiger partial charge in [-0.3, -0.25) is 0 Å². The molecule has 3 heteroatoms. The first-order chi connectivity index (χ1) is 17.5. The molecule has 0 saturated carbocycles. The van der Waals surface area contributed by atoms with Gasteiger partial charge >= 0.3 is 0 Å². The van der Waals surface area contributed by atoms with Crippen molar-refractivity contribution in [3.05, 3.63) is 89.2 Å². The molecule has 0 saturated heterocycles. The predicted octanol–water partition coefficient (Wildman–Crippen LogP) is 8.81. The summed E-state index contributed by atoms with van der Waals surface area (Å²) >= 11 is 0. The van der Waals surface area contributed by atoms with Gasteiger partial charge in [0, 0.05) is 0 Å². The van der Waals surface area contributed by atoms with E-state index in [2.05, 4.69) is 90.1 Å². The number of ether oxygens (including phenoxy) is 3. The number of allylic oxidation sites excluding steroid dienone is 3. The van der Waals surface area contributed by atoms with Gasteiger partial charge in [-0.05, 0) is 98.3 Å². The van der Waals surface area contributed by atoms with E-state index in [1.165, 1.54) is 16.7 Å². The first kappa shape index (κ1) is 29.0. The second-order valence-electron chi connectivity index (χ2n) is 12.2. The van der Waals surface area contributed by atoms with Crippen LogP contribution in [0.1, 0.15) is 84.9 Å². The van der Waals surface area contributed by atoms with Gasteiger partial charge < -0.3 is 14.2 Å². The third-order valence-electron chi connectivity index (χ3n) is 8.54. The van der Waals surface area contributed by atoms with Gasteiger partial charge in [0.2, 0.25) is 6.29 Å². The molecule has 1 aliphatic carbocycles. The maximum absolute atomic E-state index is 6.59. The molecule has 0 radical (unpaired) electrons. The number of hydrogen-bond acceptors (Lipinski definition) is 3. The van der Waals surface area contributed by atoms with Crippen LogP contribution in [0.25, 0.3) is 0 Å². The Morgan fingerprint density at radius 3 is 2.32 bits per heavy atom. The van der Waals surface area contributed by atoms with Crippen LogP contribution in [-0.4, -0.2) is 19.5 Å². The number of fused-ring (bicyclic) bond motifs is 1. The smallest absolute Gasteiger partial charge is 0.209 e. The third kappa shape index (κ3) is 7.29. The molecule has 37 heavy (non-hydrogen) atoms. The van der Waals surface area contributed by atoms with Crippen LogP contribution in [-0.2, 0) is 27.7 Å². The predicted molar refractivity (Wildman–Crippen MR) is 155 cm³/mol. The summed E-state index contributed by atoms with van der Waals surface area (Å²) in [4.78, 5) is 0. The van der Waals surface area contributed by atoms with Gasteiger partial charge in [-0.25, -0.2) is 0 Å². The van der Waals surface area contributed by atoms with Crippen molar-refractivity contribution in [2.24, 2.45) is 10.8 Å². The Hall–Kier alpha value is -2.52. The SMILES string of the molecule is C/C=C\C(=C/C)OCCOC(Oc1ccc(CCC(C)(C)C(C)(C)C)cc1)C1(C)CCc2ccccc21. The summed E-state index contributed by atoms with van der Waals surface area (Å²) in [5.74, 6) is 1.70. The van der Waals surface area contributed by atoms with Crippen LogP contribution in [0.5, 0.6) is 5.75 Å². The van der Waals surface area contributed by atoms with Gasteiger partial charge in [0.15, 0.2) is 0 Å². The number of aryl methyl sites for hydroxylation is 2. The summed E-state index contributed by atoms with van der Waals surface area (Å²) in [5.41, 5.74) is 4.38. The molecule has 0 bridgehead atoms. The molecule has 0 N–H and O–H groups in total. The van der Waals surface area contributed by atoms with Crippen molar-refractivity contribution < 1.29 is 14.2 Å². The molecule has 0 fully saturated rings. The van der Waals surface area contributed by atoms with Gasteiger partial charge in [-0.15, -0.1) is 0 Å². The standard InChI is InChI=1S/C34H48O3/c1-9-13-28(10-2)35-24-25-36-31(34(8)23-21-27-14-11-12-15-30(27)34)37-29-18-16-26(17-19-29)20-22-33(6,7)32(3,4)5/h9-19,31H,20-25H2,1-8H3/b13-9-,28-10+. The van der Waals surface area contributed by atoms with Crippen molar-refractivity contribution in [1.82, 2.24) is 0 Å². The van der Waals surface area contributed by atoms with Crippen LogP contribution in [0.15, 0.2) is 72.5 Å². The van der Waals surface area contributed by atoms with E-state index < -0.39 is 6.29 Å². The van der Waals surface area contributed by atoms with Crippen LogP contribution >= 0.6 is 0 Å². The molecule has 2 unspecified atom stereocenters. The van der Waals surface area contributed by atoms with Crippen molar-refractivity contribution in [3.8, 4) is 5.75 Å². The van der Waals surface area contributed by atoms with E-state index in [0.29, 0.717) is 13.2 Å². The van der Waals surface area contributed by atoms with Crippen molar-refractivity contribution in [1.29, 1.82) is 0 Å². The van der Waals surface area contributed by atoms with Gasteiger partial charge in [0.1, 0.15) is 18.1 Å². The molecule has 0 amide bonds. The molecule has 2 aromatic carbocycles. The van der Waals surface area contributed by atoms with Crippen molar-refractivity contribution >= 4 is 0 Å². The van der Waals surface area contributed by atoms with E-state index >= 15 is 0 Å². The van der Waals surface area contributed by atoms with Gasteiger partial charge in [-0.2, -0.15) is 0 Å². The third-order valence-corrected chi connectivity index (χ3v) is 8.54. The Bertz CT molecular complexity index is 1060. The van der Waals surface area contributed by atoms with Crippen molar-refractivity contribution in [2.75, 3.05) is 13.2 Å². The van der Waals surface area contributed by atoms with Crippen LogP contribution in [0.4, 0.5) is 0 Å². The minimum Gasteiger partial charge on any atom is -0.492 e. The highest BCUT2D eigenvalue weighted by Gasteiger charge is 2.43. The Kier molecular flexibility index (Phi) is 9.69. The summed E-state index contributed by atoms with van der Waals surface area (Å²) in [7, 11) is 0. The lowest BCUT2D eigenvalue weighted by Crippen LogP contribution is -2.42. The second kappa shape index (κ2) is 12.3. The number of hydrogen-bond donors (Lipinski definition) is 0. The average molecular weight is 505 g/mol. The lowest BCUT2D eigenvalue weighted by atomic mass is 9.66. The molecule has 2 atom stereocenters. The maximum Gasteiger partial charge on any atom is 0.209 e. The van der Waals surface area contributed by atoms with Gasteiger partial charge in [0.05, 0.1) is 12.0 Å². The molecule has 0 heterocycles. The average Bonchev–Trinajstić information content (AvgIpc) is 3.21. The summed E-state index contributed by atoms with van der Waals surface area (Å²) in [5, 5.41) is 0. The normalized spacial score (nSPS) is 19.2. The topological polar surface area (TPSA) is 27.7 Å². The van der Waals surface area contributed by atoms with E-state index in [9.17, 15) is 0 Å². The zero-order valence-corrected chi connectivity index (χ0v) is 24.4. The lowest BCUT2D eigenvalue weighted by molar-refractivity contribution is -0.132. The van der Waals surface area contributed by atoms with Gasteiger partial charge in [0.25, 0.3) is 0 Å². The largest absolute Gasteiger partial charge is 0.492 e. The lowest BCUT2D eigenvalue weighted by Gasteiger charge is -2.39. The Morgan fingerprint density at radius 1 is 0.973 bits per heavy atom. The first-order valence-corrected chi connectivity index (χ1v) is 13.9. The Morgan fingerprint density at radius 2 is 1.68 bits per heavy atom. The molecule has 1 aliphatic rings. The molecule has 0 aliphatic heterocycles. The molecule has 202 valence electrons. The monoisotopic (exact) mass is 504 g/mol. The summed E-state index contributed by atoms with van der Waals surface area (Å²) in [6.45, 7) is 18.9. The fourth-order valence-electron chi connectivity index (χ4n) is 4.81. The Labute approximate surface area is 225 Å². The maximum atomic E-state index is 6.59. The summed E-state index contributed by atoms with van der Waals surface area (Å²) in [6.07, 6.45) is 9.76. The highest BCUT2D eigenvalue weighted by Crippen LogP contribution is 2.43. The first-order valence-electron chi connectivity index (χ1n) is 13.9. The van der Waals surface area contributed by atoms with Crippen molar-refractivity contribution in [3.63, 3.8) is 0 Å². The molecular weight excluding hydrogens is 456 g/mol. The molecule has 3 nitrogen and oxygen atoms in total. The van der Waals surface area contributed by atoms with E-state index in [1.807, 2.05) is 32.1 Å². The van der Waals surface area contributed by atoms with Crippen LogP contribution in [0, 0.1) is 10.8 Å². The number of benzene rings is 2. The minimum atomic E-state index is -0.402. The Balaban J connectivity index is 1.71. The van der Waals surface area contributed by atoms with Crippen LogP contribution in [0.3, 0.4) is 0 Å². The minimum absolute atomic E-state index is 0.223. The van der Waals surface area contributed by atoms with E-state index in [-0.39, 0.29) is 16.2 Å². The summed E-state index contributed by atoms with van der Waals surface area (Å²) in [6, 6.07) is 17.3.